The maximum absolute atomic E-state index is 15.1. The molecule has 14 heteroatoms. The summed E-state index contributed by atoms with van der Waals surface area (Å²) in [4.78, 5) is 45.6. The Hall–Kier alpha value is -5.34. The van der Waals surface area contributed by atoms with E-state index in [1.54, 1.807) is 6.07 Å². The third-order valence-corrected chi connectivity index (χ3v) is 9.33. The normalized spacial score (nSPS) is 17.3. The SMILES string of the molecule is Cc1nc2c(F)cc(-c3nc(Nc4ccc(CN5CCN(Cc6ccc(NC7CCC(=O)NC7=O)cc6)CC5)cn4)ncc3F)cc2n1C(C)C. The molecule has 0 aliphatic carbocycles. The number of hydrogen-bond acceptors (Lipinski definition) is 10. The van der Waals surface area contributed by atoms with Crippen LogP contribution in [0.4, 0.5) is 26.2 Å². The molecule has 3 N–H and O–H groups in total. The maximum atomic E-state index is 15.1. The number of imidazole rings is 1. The highest BCUT2D eigenvalue weighted by Crippen LogP contribution is 2.30. The molecule has 2 fully saturated rings. The van der Waals surface area contributed by atoms with Crippen molar-refractivity contribution < 1.29 is 18.4 Å². The van der Waals surface area contributed by atoms with Crippen LogP contribution in [0.5, 0.6) is 0 Å². The van der Waals surface area contributed by atoms with Crippen LogP contribution >= 0.6 is 0 Å². The molecule has 2 saturated heterocycles. The average molecular weight is 695 g/mol. The minimum absolute atomic E-state index is 0.0166. The summed E-state index contributed by atoms with van der Waals surface area (Å²) in [5, 5.41) is 8.65. The molecule has 0 saturated carbocycles. The van der Waals surface area contributed by atoms with Crippen LogP contribution in [0.15, 0.2) is 60.9 Å². The lowest BCUT2D eigenvalue weighted by Gasteiger charge is -2.34. The first kappa shape index (κ1) is 34.1. The van der Waals surface area contributed by atoms with Gasteiger partial charge in [-0.1, -0.05) is 18.2 Å². The molecule has 3 aromatic heterocycles. The van der Waals surface area contributed by atoms with Crippen molar-refractivity contribution in [1.82, 2.24) is 39.6 Å². The number of halogens is 2. The van der Waals surface area contributed by atoms with Crippen LogP contribution in [0.2, 0.25) is 0 Å². The van der Waals surface area contributed by atoms with E-state index >= 15 is 4.39 Å². The van der Waals surface area contributed by atoms with Gasteiger partial charge in [0.2, 0.25) is 17.8 Å². The molecule has 1 atom stereocenters. The number of imide groups is 1. The molecule has 5 heterocycles. The second-order valence-corrected chi connectivity index (χ2v) is 13.4. The number of aryl methyl sites for hydroxylation is 1. The predicted octanol–water partition coefficient (Wildman–Crippen LogP) is 5.33. The number of nitrogens with one attached hydrogen (secondary N) is 3. The first-order valence-corrected chi connectivity index (χ1v) is 17.2. The Balaban J connectivity index is 0.917. The topological polar surface area (TPSA) is 133 Å². The summed E-state index contributed by atoms with van der Waals surface area (Å²) in [6, 6.07) is 14.6. The second kappa shape index (κ2) is 14.5. The smallest absolute Gasteiger partial charge is 0.249 e. The van der Waals surface area contributed by atoms with E-state index in [4.69, 9.17) is 0 Å². The van der Waals surface area contributed by atoms with E-state index in [1.807, 2.05) is 55.8 Å². The zero-order valence-corrected chi connectivity index (χ0v) is 28.8. The lowest BCUT2D eigenvalue weighted by molar-refractivity contribution is -0.133. The van der Waals surface area contributed by atoms with E-state index in [2.05, 4.69) is 57.8 Å². The molecule has 264 valence electrons. The number of aromatic nitrogens is 5. The number of hydrogen-bond donors (Lipinski definition) is 3. The third-order valence-electron chi connectivity index (χ3n) is 9.33. The maximum Gasteiger partial charge on any atom is 0.249 e. The van der Waals surface area contributed by atoms with Gasteiger partial charge < -0.3 is 15.2 Å². The van der Waals surface area contributed by atoms with Crippen molar-refractivity contribution in [2.45, 2.75) is 58.8 Å². The summed E-state index contributed by atoms with van der Waals surface area (Å²) in [5.41, 5.74) is 4.23. The summed E-state index contributed by atoms with van der Waals surface area (Å²) in [5.74, 6) is -0.355. The molecular weight excluding hydrogens is 654 g/mol. The number of rotatable bonds is 10. The van der Waals surface area contributed by atoms with Crippen molar-refractivity contribution in [2.24, 2.45) is 0 Å². The van der Waals surface area contributed by atoms with Crippen molar-refractivity contribution >= 4 is 40.3 Å². The zero-order chi connectivity index (χ0) is 35.6. The summed E-state index contributed by atoms with van der Waals surface area (Å²) in [6.07, 6.45) is 3.72. The highest BCUT2D eigenvalue weighted by molar-refractivity contribution is 6.01. The molecule has 0 spiro atoms. The minimum Gasteiger partial charge on any atom is -0.374 e. The Bertz CT molecular complexity index is 2060. The van der Waals surface area contributed by atoms with Gasteiger partial charge >= 0.3 is 0 Å². The number of anilines is 3. The third kappa shape index (κ3) is 7.71. The summed E-state index contributed by atoms with van der Waals surface area (Å²) in [7, 11) is 0. The molecule has 2 amide bonds. The van der Waals surface area contributed by atoms with Gasteiger partial charge in [0.15, 0.2) is 11.6 Å². The Morgan fingerprint density at radius 1 is 0.882 bits per heavy atom. The zero-order valence-electron chi connectivity index (χ0n) is 28.8. The number of piperazine rings is 1. The van der Waals surface area contributed by atoms with E-state index in [1.165, 1.54) is 11.6 Å². The van der Waals surface area contributed by atoms with Crippen molar-refractivity contribution in [2.75, 3.05) is 36.8 Å². The van der Waals surface area contributed by atoms with Gasteiger partial charge in [0.05, 0.1) is 11.7 Å². The quantitative estimate of drug-likeness (QED) is 0.165. The molecular formula is C37H40F2N10O2. The first-order chi connectivity index (χ1) is 24.6. The van der Waals surface area contributed by atoms with Gasteiger partial charge in [-0.3, -0.25) is 24.7 Å². The van der Waals surface area contributed by atoms with Gasteiger partial charge in [-0.25, -0.2) is 28.7 Å². The molecule has 1 unspecified atom stereocenters. The van der Waals surface area contributed by atoms with Gasteiger partial charge in [-0.05, 0) is 68.7 Å². The van der Waals surface area contributed by atoms with E-state index in [9.17, 15) is 14.0 Å². The molecule has 12 nitrogen and oxygen atoms in total. The fourth-order valence-electron chi connectivity index (χ4n) is 6.75. The number of carbonyl (C=O) groups is 2. The van der Waals surface area contributed by atoms with Crippen LogP contribution < -0.4 is 16.0 Å². The molecule has 5 aromatic rings. The van der Waals surface area contributed by atoms with E-state index in [0.29, 0.717) is 35.6 Å². The summed E-state index contributed by atoms with van der Waals surface area (Å²) in [6.45, 7) is 11.1. The standard InChI is InChI=1S/C37H40F2N10O2/c1-22(2)49-23(3)42-35-28(38)16-26(17-31(35)49)34-29(39)19-41-37(46-34)44-32-10-6-25(18-40-32)21-48-14-12-47(13-15-48)20-24-4-7-27(8-5-24)43-30-9-11-33(50)45-36(30)51/h4-8,10,16-19,22,30,43H,9,11-15,20-21H2,1-3H3,(H,45,50,51)(H,40,41,44,46). The van der Waals surface area contributed by atoms with Crippen molar-refractivity contribution in [3.63, 3.8) is 0 Å². The highest BCUT2D eigenvalue weighted by atomic mass is 19.1. The Kier molecular flexibility index (Phi) is 9.69. The average Bonchev–Trinajstić information content (AvgIpc) is 3.46. The van der Waals surface area contributed by atoms with Gasteiger partial charge in [0, 0.05) is 69.2 Å². The summed E-state index contributed by atoms with van der Waals surface area (Å²) >= 11 is 0. The molecule has 7 rings (SSSR count). The van der Waals surface area contributed by atoms with Gasteiger partial charge in [-0.15, -0.1) is 0 Å². The predicted molar refractivity (Wildman–Crippen MR) is 190 cm³/mol. The first-order valence-electron chi connectivity index (χ1n) is 17.2. The summed E-state index contributed by atoms with van der Waals surface area (Å²) < 4.78 is 32.0. The van der Waals surface area contributed by atoms with Crippen LogP contribution in [-0.4, -0.2) is 78.3 Å². The number of pyridine rings is 1. The van der Waals surface area contributed by atoms with Crippen LogP contribution in [0.25, 0.3) is 22.3 Å². The number of nitrogens with zero attached hydrogens (tertiary/aromatic N) is 7. The number of piperidine rings is 1. The minimum atomic E-state index is -0.660. The largest absolute Gasteiger partial charge is 0.374 e. The number of amides is 2. The Labute approximate surface area is 294 Å². The van der Waals surface area contributed by atoms with E-state index in [0.717, 1.165) is 56.7 Å². The number of carbonyl (C=O) groups excluding carboxylic acids is 2. The van der Waals surface area contributed by atoms with Gasteiger partial charge in [-0.2, -0.15) is 0 Å². The molecule has 2 aliphatic heterocycles. The van der Waals surface area contributed by atoms with E-state index < -0.39 is 17.7 Å². The van der Waals surface area contributed by atoms with Crippen molar-refractivity contribution in [1.29, 1.82) is 0 Å². The number of benzene rings is 2. The van der Waals surface area contributed by atoms with Crippen LogP contribution in [0.3, 0.4) is 0 Å². The molecule has 0 bridgehead atoms. The molecule has 2 aromatic carbocycles. The van der Waals surface area contributed by atoms with Crippen LogP contribution in [-0.2, 0) is 22.7 Å². The Morgan fingerprint density at radius 3 is 2.25 bits per heavy atom. The lowest BCUT2D eigenvalue weighted by Crippen LogP contribution is -2.47. The monoisotopic (exact) mass is 694 g/mol. The highest BCUT2D eigenvalue weighted by Gasteiger charge is 2.26. The number of fused-ring (bicyclic) bond motifs is 1. The van der Waals surface area contributed by atoms with Crippen LogP contribution in [0.1, 0.15) is 49.7 Å². The second-order valence-electron chi connectivity index (χ2n) is 13.4. The van der Waals surface area contributed by atoms with E-state index in [-0.39, 0.29) is 35.0 Å². The Morgan fingerprint density at radius 2 is 1.59 bits per heavy atom. The van der Waals surface area contributed by atoms with Crippen LogP contribution in [0, 0.1) is 18.6 Å². The van der Waals surface area contributed by atoms with Gasteiger partial charge in [0.1, 0.15) is 28.9 Å². The molecule has 2 aliphatic rings. The van der Waals surface area contributed by atoms with Gasteiger partial charge in [0.25, 0.3) is 0 Å². The molecule has 51 heavy (non-hydrogen) atoms. The molecule has 0 radical (unpaired) electrons. The lowest BCUT2D eigenvalue weighted by atomic mass is 10.1. The fraction of sp³-hybridized carbons (Fsp3) is 0.351. The van der Waals surface area contributed by atoms with Crippen molar-refractivity contribution in [3.8, 4) is 11.3 Å². The van der Waals surface area contributed by atoms with Crippen molar-refractivity contribution in [3.05, 3.63) is 89.5 Å². The fourth-order valence-corrected chi connectivity index (χ4v) is 6.75.